The van der Waals surface area contributed by atoms with E-state index in [9.17, 15) is 0 Å². The minimum atomic E-state index is 0.662. The second-order valence-corrected chi connectivity index (χ2v) is 4.72. The van der Waals surface area contributed by atoms with Crippen LogP contribution in [-0.2, 0) is 0 Å². The van der Waals surface area contributed by atoms with Gasteiger partial charge in [0.05, 0.1) is 20.5 Å². The monoisotopic (exact) mass is 338 g/mol. The second-order valence-electron chi connectivity index (χ2n) is 2.72. The highest BCUT2D eigenvalue weighted by Crippen LogP contribution is 2.31. The van der Waals surface area contributed by atoms with Crippen molar-refractivity contribution in [2.45, 2.75) is 0 Å². The molecule has 1 N–H and O–H groups in total. The molecule has 0 unspecified atom stereocenters. The van der Waals surface area contributed by atoms with E-state index in [4.69, 9.17) is 23.2 Å². The van der Waals surface area contributed by atoms with Crippen molar-refractivity contribution < 1.29 is 0 Å². The summed E-state index contributed by atoms with van der Waals surface area (Å²) in [6, 6.07) is 5.35. The number of halogens is 3. The molecular formula is C9H5Cl2IN2. The van der Waals surface area contributed by atoms with E-state index in [2.05, 4.69) is 32.8 Å². The topological polar surface area (TPSA) is 28.7 Å². The molecule has 0 radical (unpaired) electrons. The third kappa shape index (κ3) is 1.89. The molecule has 2 rings (SSSR count). The predicted octanol–water partition coefficient (Wildman–Crippen LogP) is 3.99. The number of hydrogen-bond acceptors (Lipinski definition) is 1. The Morgan fingerprint density at radius 3 is 2.71 bits per heavy atom. The molecule has 2 nitrogen and oxygen atoms in total. The fourth-order valence-corrected chi connectivity index (χ4v) is 2.08. The number of aromatic amines is 1. The first-order valence-electron chi connectivity index (χ1n) is 3.83. The van der Waals surface area contributed by atoms with Crippen LogP contribution in [0.3, 0.4) is 0 Å². The zero-order valence-electron chi connectivity index (χ0n) is 6.89. The molecule has 0 amide bonds. The second kappa shape index (κ2) is 4.08. The van der Waals surface area contributed by atoms with E-state index in [0.717, 1.165) is 14.8 Å². The maximum atomic E-state index is 6.05. The van der Waals surface area contributed by atoms with Crippen LogP contribution in [0, 0.1) is 3.57 Å². The van der Waals surface area contributed by atoms with Gasteiger partial charge in [-0.25, -0.2) is 0 Å². The summed E-state index contributed by atoms with van der Waals surface area (Å²) in [4.78, 5) is 0. The molecule has 0 saturated heterocycles. The smallest absolute Gasteiger partial charge is 0.0799 e. The van der Waals surface area contributed by atoms with E-state index in [1.54, 1.807) is 18.3 Å². The highest BCUT2D eigenvalue weighted by molar-refractivity contribution is 14.1. The van der Waals surface area contributed by atoms with Gasteiger partial charge in [-0.1, -0.05) is 23.2 Å². The minimum absolute atomic E-state index is 0.662. The molecule has 0 spiro atoms. The largest absolute Gasteiger partial charge is 0.277 e. The fourth-order valence-electron chi connectivity index (χ4n) is 1.15. The Labute approximate surface area is 105 Å². The number of nitrogens with one attached hydrogen (secondary N) is 1. The van der Waals surface area contributed by atoms with Crippen LogP contribution in [0.25, 0.3) is 11.3 Å². The molecule has 0 aliphatic heterocycles. The van der Waals surface area contributed by atoms with Crippen LogP contribution < -0.4 is 0 Å². The third-order valence-corrected chi connectivity index (χ3v) is 3.17. The van der Waals surface area contributed by atoms with Crippen LogP contribution in [0.5, 0.6) is 0 Å². The van der Waals surface area contributed by atoms with Crippen molar-refractivity contribution in [1.29, 1.82) is 0 Å². The lowest BCUT2D eigenvalue weighted by Crippen LogP contribution is -1.82. The Morgan fingerprint density at radius 2 is 2.07 bits per heavy atom. The summed E-state index contributed by atoms with van der Waals surface area (Å²) in [5.41, 5.74) is 1.78. The summed E-state index contributed by atoms with van der Waals surface area (Å²) in [6.07, 6.45) is 1.74. The van der Waals surface area contributed by atoms with Gasteiger partial charge in [0.2, 0.25) is 0 Å². The summed E-state index contributed by atoms with van der Waals surface area (Å²) < 4.78 is 1.02. The molecular weight excluding hydrogens is 334 g/mol. The third-order valence-electron chi connectivity index (χ3n) is 1.79. The maximum Gasteiger partial charge on any atom is 0.0799 e. The van der Waals surface area contributed by atoms with E-state index in [-0.39, 0.29) is 0 Å². The molecule has 72 valence electrons. The molecule has 1 aromatic heterocycles. The predicted molar refractivity (Wildman–Crippen MR) is 66.8 cm³/mol. The molecule has 0 fully saturated rings. The van der Waals surface area contributed by atoms with E-state index in [1.165, 1.54) is 0 Å². The normalized spacial score (nSPS) is 10.5. The molecule has 1 aromatic carbocycles. The highest BCUT2D eigenvalue weighted by Gasteiger charge is 2.09. The van der Waals surface area contributed by atoms with Crippen LogP contribution in [0.2, 0.25) is 10.0 Å². The maximum absolute atomic E-state index is 6.05. The number of hydrogen-bond donors (Lipinski definition) is 1. The lowest BCUT2D eigenvalue weighted by molar-refractivity contribution is 1.10. The van der Waals surface area contributed by atoms with Crippen LogP contribution in [0.15, 0.2) is 24.4 Å². The molecule has 0 atom stereocenters. The highest BCUT2D eigenvalue weighted by atomic mass is 127. The first-order valence-corrected chi connectivity index (χ1v) is 5.66. The number of H-pyrrole nitrogens is 1. The van der Waals surface area contributed by atoms with E-state index >= 15 is 0 Å². The van der Waals surface area contributed by atoms with E-state index in [0.29, 0.717) is 10.0 Å². The van der Waals surface area contributed by atoms with Crippen molar-refractivity contribution in [2.24, 2.45) is 0 Å². The van der Waals surface area contributed by atoms with Crippen LogP contribution in [0.4, 0.5) is 0 Å². The van der Waals surface area contributed by atoms with Gasteiger partial charge < -0.3 is 0 Å². The zero-order valence-corrected chi connectivity index (χ0v) is 10.6. The van der Waals surface area contributed by atoms with Gasteiger partial charge in [-0.2, -0.15) is 5.10 Å². The molecule has 0 aliphatic carbocycles. The quantitative estimate of drug-likeness (QED) is 0.782. The number of aromatic nitrogens is 2. The Morgan fingerprint density at radius 1 is 1.29 bits per heavy atom. The lowest BCUT2D eigenvalue weighted by Gasteiger charge is -2.02. The van der Waals surface area contributed by atoms with Crippen molar-refractivity contribution in [1.82, 2.24) is 10.2 Å². The molecule has 0 bridgehead atoms. The SMILES string of the molecule is Clc1ccc(Cl)c(-c2[nH]ncc2I)c1. The Balaban J connectivity index is 2.62. The van der Waals surface area contributed by atoms with Gasteiger partial charge in [0.15, 0.2) is 0 Å². The van der Waals surface area contributed by atoms with Crippen molar-refractivity contribution in [2.75, 3.05) is 0 Å². The van der Waals surface area contributed by atoms with Crippen molar-refractivity contribution in [3.05, 3.63) is 38.0 Å². The van der Waals surface area contributed by atoms with Crippen molar-refractivity contribution in [3.8, 4) is 11.3 Å². The van der Waals surface area contributed by atoms with E-state index < -0.39 is 0 Å². The van der Waals surface area contributed by atoms with Gasteiger partial charge in [-0.15, -0.1) is 0 Å². The van der Waals surface area contributed by atoms with Gasteiger partial charge >= 0.3 is 0 Å². The molecule has 5 heteroatoms. The van der Waals surface area contributed by atoms with Gasteiger partial charge in [-0.05, 0) is 40.8 Å². The van der Waals surface area contributed by atoms with Crippen LogP contribution in [0.1, 0.15) is 0 Å². The van der Waals surface area contributed by atoms with Crippen LogP contribution in [-0.4, -0.2) is 10.2 Å². The number of nitrogens with zero attached hydrogens (tertiary/aromatic N) is 1. The first kappa shape index (κ1) is 10.3. The summed E-state index contributed by atoms with van der Waals surface area (Å²) in [5.74, 6) is 0. The fraction of sp³-hybridized carbons (Fsp3) is 0. The Bertz CT molecular complexity index is 468. The first-order chi connectivity index (χ1) is 6.68. The minimum Gasteiger partial charge on any atom is -0.277 e. The molecule has 0 saturated carbocycles. The van der Waals surface area contributed by atoms with Gasteiger partial charge in [0.25, 0.3) is 0 Å². The summed E-state index contributed by atoms with van der Waals surface area (Å²) >= 11 is 14.1. The van der Waals surface area contributed by atoms with Crippen molar-refractivity contribution >= 4 is 45.8 Å². The number of rotatable bonds is 1. The van der Waals surface area contributed by atoms with Gasteiger partial charge in [0.1, 0.15) is 0 Å². The summed E-state index contributed by atoms with van der Waals surface area (Å²) in [6.45, 7) is 0. The Hall–Kier alpha value is -0.260. The van der Waals surface area contributed by atoms with Crippen molar-refractivity contribution in [3.63, 3.8) is 0 Å². The van der Waals surface area contributed by atoms with Gasteiger partial charge in [-0.3, -0.25) is 5.10 Å². The summed E-state index contributed by atoms with van der Waals surface area (Å²) in [7, 11) is 0. The molecule has 14 heavy (non-hydrogen) atoms. The Kier molecular flexibility index (Phi) is 2.99. The number of benzene rings is 1. The summed E-state index contributed by atoms with van der Waals surface area (Å²) in [5, 5.41) is 8.15. The lowest BCUT2D eigenvalue weighted by atomic mass is 10.1. The molecule has 0 aliphatic rings. The van der Waals surface area contributed by atoms with E-state index in [1.807, 2.05) is 6.07 Å². The standard InChI is InChI=1S/C9H5Cl2IN2/c10-5-1-2-7(11)6(3-5)9-8(12)4-13-14-9/h1-4H,(H,13,14). The van der Waals surface area contributed by atoms with Crippen LogP contribution >= 0.6 is 45.8 Å². The average Bonchev–Trinajstić information content (AvgIpc) is 2.56. The average molecular weight is 339 g/mol. The zero-order chi connectivity index (χ0) is 10.1. The molecule has 2 aromatic rings. The molecule has 1 heterocycles. The van der Waals surface area contributed by atoms with Gasteiger partial charge in [0, 0.05) is 10.6 Å².